The zero-order valence-corrected chi connectivity index (χ0v) is 17.8. The third-order valence-corrected chi connectivity index (χ3v) is 4.17. The van der Waals surface area contributed by atoms with E-state index in [1.54, 1.807) is 13.8 Å². The number of nitrogens with zero attached hydrogens (tertiary/aromatic N) is 1. The van der Waals surface area contributed by atoms with Crippen molar-refractivity contribution in [1.82, 2.24) is 26.3 Å². The van der Waals surface area contributed by atoms with E-state index in [1.165, 1.54) is 13.8 Å². The number of nitrogens with one attached hydrogen (secondary N) is 4. The number of hydrogen-bond acceptors (Lipinski definition) is 8. The first kappa shape index (κ1) is 25.5. The second kappa shape index (κ2) is 11.6. The molecule has 1 aliphatic rings. The molecule has 13 heteroatoms. The molecule has 4 N–H and O–H groups in total. The Hall–Kier alpha value is -3.51. The largest absolute Gasteiger partial charge is 0.354 e. The van der Waals surface area contributed by atoms with Gasteiger partial charge in [-0.1, -0.05) is 13.8 Å². The number of carbonyl (C=O) groups excluding carboxylic acids is 7. The number of rotatable bonds is 10. The molecule has 0 bridgehead atoms. The first-order valence-corrected chi connectivity index (χ1v) is 9.77. The second-order valence-electron chi connectivity index (χ2n) is 6.73. The van der Waals surface area contributed by atoms with E-state index in [-0.39, 0.29) is 25.7 Å². The highest BCUT2D eigenvalue weighted by Crippen LogP contribution is 2.12. The summed E-state index contributed by atoms with van der Waals surface area (Å²) in [6.07, 6.45) is -1.38. The van der Waals surface area contributed by atoms with E-state index >= 15 is 0 Å². The van der Waals surface area contributed by atoms with E-state index in [4.69, 9.17) is 4.84 Å². The van der Waals surface area contributed by atoms with Gasteiger partial charge in [0.15, 0.2) is 6.17 Å². The molecule has 0 aromatic carbocycles. The fraction of sp³-hybridized carbons (Fsp3) is 0.611. The lowest BCUT2D eigenvalue weighted by Crippen LogP contribution is -2.60. The maximum Gasteiger partial charge on any atom is 0.354 e. The maximum atomic E-state index is 12.4. The van der Waals surface area contributed by atoms with Crippen molar-refractivity contribution in [2.24, 2.45) is 0 Å². The average molecular weight is 441 g/mol. The van der Waals surface area contributed by atoms with Crippen molar-refractivity contribution in [2.75, 3.05) is 0 Å². The Morgan fingerprint density at radius 2 is 1.26 bits per heavy atom. The molecule has 2 atom stereocenters. The Morgan fingerprint density at radius 1 is 0.806 bits per heavy atom. The molecule has 1 heterocycles. The fourth-order valence-corrected chi connectivity index (χ4v) is 2.28. The summed E-state index contributed by atoms with van der Waals surface area (Å²) in [6, 6.07) is -2.39. The molecular weight excluding hydrogens is 414 g/mol. The van der Waals surface area contributed by atoms with Crippen LogP contribution in [-0.2, 0) is 38.4 Å². The van der Waals surface area contributed by atoms with Crippen LogP contribution in [0.15, 0.2) is 0 Å². The highest BCUT2D eigenvalue weighted by Gasteiger charge is 2.34. The Kier molecular flexibility index (Phi) is 9.57. The first-order chi connectivity index (χ1) is 14.5. The van der Waals surface area contributed by atoms with Gasteiger partial charge in [0.2, 0.25) is 17.7 Å². The third kappa shape index (κ3) is 7.68. The van der Waals surface area contributed by atoms with Crippen molar-refractivity contribution in [3.05, 3.63) is 0 Å². The van der Waals surface area contributed by atoms with Gasteiger partial charge in [0, 0.05) is 25.7 Å². The first-order valence-electron chi connectivity index (χ1n) is 9.77. The minimum Gasteiger partial charge on any atom is -0.341 e. The van der Waals surface area contributed by atoms with Crippen molar-refractivity contribution in [3.8, 4) is 0 Å². The number of carbonyl (C=O) groups is 7. The number of hydroxylamine groups is 2. The Labute approximate surface area is 178 Å². The molecule has 31 heavy (non-hydrogen) atoms. The summed E-state index contributed by atoms with van der Waals surface area (Å²) in [4.78, 5) is 87.6. The molecule has 1 rings (SSSR count). The van der Waals surface area contributed by atoms with Crippen molar-refractivity contribution in [2.45, 2.75) is 71.6 Å². The van der Waals surface area contributed by atoms with Gasteiger partial charge in [-0.2, -0.15) is 0 Å². The maximum absolute atomic E-state index is 12.4. The molecule has 6 amide bonds. The Balaban J connectivity index is 2.65. The van der Waals surface area contributed by atoms with Crippen LogP contribution in [0.4, 0.5) is 0 Å². The Morgan fingerprint density at radius 3 is 1.71 bits per heavy atom. The molecule has 0 aliphatic carbocycles. The minimum absolute atomic E-state index is 0.0692. The van der Waals surface area contributed by atoms with Crippen molar-refractivity contribution < 1.29 is 38.4 Å². The lowest BCUT2D eigenvalue weighted by molar-refractivity contribution is -0.198. The van der Waals surface area contributed by atoms with Crippen LogP contribution in [-0.4, -0.2) is 64.7 Å². The summed E-state index contributed by atoms with van der Waals surface area (Å²) < 4.78 is 0. The highest BCUT2D eigenvalue weighted by atomic mass is 16.7. The van der Waals surface area contributed by atoms with Crippen LogP contribution in [0.3, 0.4) is 0 Å². The standard InChI is InChI=1S/C18H27N5O8/c1-5-11(24)21-15(22-12(25)6-2)17(29)19-9(3)16(28)20-10(4)18(30)31-23-13(26)7-8-14(23)27/h9-10,15H,5-8H2,1-4H3,(H,19,29)(H,20,28)(H,21,24)(H,22,25)/t9-,10-/m0/s1. The van der Waals surface area contributed by atoms with Crippen molar-refractivity contribution in [1.29, 1.82) is 0 Å². The Bertz CT molecular complexity index is 734. The minimum atomic E-state index is -1.38. The zero-order chi connectivity index (χ0) is 23.7. The molecule has 0 radical (unpaired) electrons. The molecule has 0 aromatic rings. The lowest BCUT2D eigenvalue weighted by atomic mass is 10.2. The fourth-order valence-electron chi connectivity index (χ4n) is 2.28. The summed E-state index contributed by atoms with van der Waals surface area (Å²) >= 11 is 0. The van der Waals surface area contributed by atoms with E-state index in [1.807, 2.05) is 0 Å². The van der Waals surface area contributed by atoms with E-state index in [9.17, 15) is 33.6 Å². The van der Waals surface area contributed by atoms with Gasteiger partial charge in [-0.15, -0.1) is 5.06 Å². The second-order valence-corrected chi connectivity index (χ2v) is 6.73. The van der Waals surface area contributed by atoms with Crippen molar-refractivity contribution >= 4 is 41.4 Å². The van der Waals surface area contributed by atoms with E-state index in [2.05, 4.69) is 21.3 Å². The monoisotopic (exact) mass is 441 g/mol. The van der Waals surface area contributed by atoms with Gasteiger partial charge in [0.05, 0.1) is 0 Å². The predicted molar refractivity (Wildman–Crippen MR) is 103 cm³/mol. The van der Waals surface area contributed by atoms with Crippen LogP contribution in [0.1, 0.15) is 53.4 Å². The third-order valence-electron chi connectivity index (χ3n) is 4.17. The van der Waals surface area contributed by atoms with Crippen LogP contribution in [0.5, 0.6) is 0 Å². The molecule has 1 saturated heterocycles. The van der Waals surface area contributed by atoms with Crippen LogP contribution in [0.2, 0.25) is 0 Å². The van der Waals surface area contributed by atoms with Gasteiger partial charge in [-0.05, 0) is 13.8 Å². The molecule has 172 valence electrons. The molecule has 1 aliphatic heterocycles. The topological polar surface area (TPSA) is 180 Å². The summed E-state index contributed by atoms with van der Waals surface area (Å²) in [5.74, 6) is -4.96. The summed E-state index contributed by atoms with van der Waals surface area (Å²) in [5, 5.41) is 9.60. The summed E-state index contributed by atoms with van der Waals surface area (Å²) in [6.45, 7) is 5.71. The van der Waals surface area contributed by atoms with Crippen LogP contribution in [0.25, 0.3) is 0 Å². The predicted octanol–water partition coefficient (Wildman–Crippen LogP) is -2.02. The van der Waals surface area contributed by atoms with Gasteiger partial charge in [-0.3, -0.25) is 28.8 Å². The van der Waals surface area contributed by atoms with Crippen LogP contribution >= 0.6 is 0 Å². The van der Waals surface area contributed by atoms with Crippen LogP contribution < -0.4 is 21.3 Å². The average Bonchev–Trinajstić information content (AvgIpc) is 3.04. The summed E-state index contributed by atoms with van der Waals surface area (Å²) in [5.41, 5.74) is 0. The molecule has 0 spiro atoms. The van der Waals surface area contributed by atoms with Gasteiger partial charge in [0.25, 0.3) is 17.7 Å². The van der Waals surface area contributed by atoms with Gasteiger partial charge in [-0.25, -0.2) is 4.79 Å². The van der Waals surface area contributed by atoms with Gasteiger partial charge in [0.1, 0.15) is 12.1 Å². The smallest absolute Gasteiger partial charge is 0.341 e. The number of imide groups is 1. The molecule has 0 unspecified atom stereocenters. The lowest BCUT2D eigenvalue weighted by Gasteiger charge is -2.23. The van der Waals surface area contributed by atoms with E-state index < -0.39 is 59.7 Å². The molecule has 0 saturated carbocycles. The highest BCUT2D eigenvalue weighted by molar-refractivity contribution is 6.02. The zero-order valence-electron chi connectivity index (χ0n) is 17.8. The van der Waals surface area contributed by atoms with Gasteiger partial charge >= 0.3 is 5.97 Å². The molecule has 13 nitrogen and oxygen atoms in total. The number of amides is 6. The normalized spacial score (nSPS) is 15.2. The molecule has 0 aromatic heterocycles. The van der Waals surface area contributed by atoms with Gasteiger partial charge < -0.3 is 26.1 Å². The molecule has 1 fully saturated rings. The van der Waals surface area contributed by atoms with E-state index in [0.717, 1.165) is 0 Å². The molecular formula is C18H27N5O8. The number of hydrogen-bond donors (Lipinski definition) is 4. The van der Waals surface area contributed by atoms with E-state index in [0.29, 0.717) is 5.06 Å². The van der Waals surface area contributed by atoms with Crippen molar-refractivity contribution in [3.63, 3.8) is 0 Å². The summed E-state index contributed by atoms with van der Waals surface area (Å²) in [7, 11) is 0. The van der Waals surface area contributed by atoms with Crippen LogP contribution in [0, 0.1) is 0 Å². The quantitative estimate of drug-likeness (QED) is 0.221. The SMILES string of the molecule is CCC(=O)NC(NC(=O)CC)C(=O)N[C@@H](C)C(=O)N[C@@H](C)C(=O)ON1C(=O)CCC1=O.